The number of carbonyl (C=O) groups is 2. The Morgan fingerprint density at radius 3 is 2.42 bits per heavy atom. The molecule has 0 atom stereocenters. The highest BCUT2D eigenvalue weighted by Crippen LogP contribution is 2.19. The molecule has 0 spiro atoms. The Kier molecular flexibility index (Phi) is 9.04. The van der Waals surface area contributed by atoms with Crippen molar-refractivity contribution in [2.24, 2.45) is 5.10 Å². The van der Waals surface area contributed by atoms with Crippen molar-refractivity contribution in [3.8, 4) is 5.75 Å². The first-order chi connectivity index (χ1) is 17.1. The van der Waals surface area contributed by atoms with Gasteiger partial charge in [0.15, 0.2) is 6.61 Å². The number of benzene rings is 3. The van der Waals surface area contributed by atoms with Crippen molar-refractivity contribution >= 4 is 51.0 Å². The number of hydrazone groups is 1. The summed E-state index contributed by atoms with van der Waals surface area (Å²) >= 11 is 5.90. The molecule has 0 aliphatic heterocycles. The molecule has 0 saturated heterocycles. The summed E-state index contributed by atoms with van der Waals surface area (Å²) in [4.78, 5) is 24.3. The minimum Gasteiger partial charge on any atom is -0.484 e. The number of amides is 2. The van der Waals surface area contributed by atoms with E-state index in [4.69, 9.17) is 16.3 Å². The van der Waals surface area contributed by atoms with Crippen LogP contribution < -0.4 is 19.8 Å². The molecule has 0 saturated carbocycles. The SMILES string of the molecule is Cc1cccc(N(CC(=O)N/N=C\c2ccc(OCC(=O)Nc3cccc(Cl)c3)cc2)S(C)(=O)=O)c1. The Hall–Kier alpha value is -3.89. The maximum absolute atomic E-state index is 12.3. The Labute approximate surface area is 214 Å². The van der Waals surface area contributed by atoms with Crippen LogP contribution in [0, 0.1) is 6.92 Å². The van der Waals surface area contributed by atoms with Gasteiger partial charge in [-0.15, -0.1) is 0 Å². The molecule has 3 aromatic carbocycles. The number of ether oxygens (including phenoxy) is 1. The Morgan fingerprint density at radius 2 is 1.75 bits per heavy atom. The van der Waals surface area contributed by atoms with Crippen LogP contribution in [0.15, 0.2) is 77.9 Å². The second-order valence-corrected chi connectivity index (χ2v) is 10.2. The first kappa shape index (κ1) is 26.7. The van der Waals surface area contributed by atoms with Gasteiger partial charge in [0.05, 0.1) is 18.2 Å². The van der Waals surface area contributed by atoms with Crippen molar-refractivity contribution < 1.29 is 22.7 Å². The predicted molar refractivity (Wildman–Crippen MR) is 141 cm³/mol. The van der Waals surface area contributed by atoms with E-state index < -0.39 is 22.5 Å². The number of carbonyl (C=O) groups excluding carboxylic acids is 2. The molecule has 3 rings (SSSR count). The third-order valence-corrected chi connectivity index (χ3v) is 6.11. The standard InChI is InChI=1S/C25H25ClN4O5S/c1-18-5-3-8-22(13-18)30(36(2,33)34)16-24(31)29-27-15-19-9-11-23(12-10-19)35-17-25(32)28-21-7-4-6-20(26)14-21/h3-15H,16-17H2,1-2H3,(H,28,32)(H,29,31)/b27-15-. The van der Waals surface area contributed by atoms with Gasteiger partial charge in [-0.1, -0.05) is 29.8 Å². The molecule has 3 aromatic rings. The fourth-order valence-corrected chi connectivity index (χ4v) is 4.13. The summed E-state index contributed by atoms with van der Waals surface area (Å²) < 4.78 is 30.8. The number of nitrogens with one attached hydrogen (secondary N) is 2. The van der Waals surface area contributed by atoms with Gasteiger partial charge in [-0.25, -0.2) is 13.8 Å². The molecule has 0 aliphatic rings. The lowest BCUT2D eigenvalue weighted by Crippen LogP contribution is -2.39. The van der Waals surface area contributed by atoms with Gasteiger partial charge < -0.3 is 10.1 Å². The van der Waals surface area contributed by atoms with E-state index in [0.717, 1.165) is 16.1 Å². The molecule has 2 N–H and O–H groups in total. The summed E-state index contributed by atoms with van der Waals surface area (Å²) in [6.07, 6.45) is 2.45. The van der Waals surface area contributed by atoms with Crippen LogP contribution in [-0.4, -0.2) is 45.9 Å². The average molecular weight is 529 g/mol. The summed E-state index contributed by atoms with van der Waals surface area (Å²) in [5.41, 5.74) is 4.83. The van der Waals surface area contributed by atoms with Gasteiger partial charge >= 0.3 is 0 Å². The van der Waals surface area contributed by atoms with Crippen LogP contribution >= 0.6 is 11.6 Å². The van der Waals surface area contributed by atoms with E-state index in [-0.39, 0.29) is 12.5 Å². The van der Waals surface area contributed by atoms with E-state index in [1.165, 1.54) is 6.21 Å². The van der Waals surface area contributed by atoms with E-state index in [1.54, 1.807) is 66.7 Å². The van der Waals surface area contributed by atoms with Crippen molar-refractivity contribution in [1.29, 1.82) is 0 Å². The molecule has 0 aliphatic carbocycles. The van der Waals surface area contributed by atoms with Gasteiger partial charge in [-0.2, -0.15) is 5.10 Å². The zero-order chi connectivity index (χ0) is 26.1. The molecule has 0 heterocycles. The monoisotopic (exact) mass is 528 g/mol. The first-order valence-electron chi connectivity index (χ1n) is 10.7. The number of nitrogens with zero attached hydrogens (tertiary/aromatic N) is 2. The van der Waals surface area contributed by atoms with Gasteiger partial charge in [0.2, 0.25) is 10.0 Å². The maximum Gasteiger partial charge on any atom is 0.262 e. The Morgan fingerprint density at radius 1 is 1.03 bits per heavy atom. The number of rotatable bonds is 10. The third kappa shape index (κ3) is 8.40. The van der Waals surface area contributed by atoms with E-state index in [2.05, 4.69) is 15.8 Å². The molecule has 11 heteroatoms. The number of hydrogen-bond acceptors (Lipinski definition) is 6. The number of sulfonamides is 1. The summed E-state index contributed by atoms with van der Waals surface area (Å²) in [6.45, 7) is 1.23. The first-order valence-corrected chi connectivity index (χ1v) is 13.0. The van der Waals surface area contributed by atoms with Crippen LogP contribution in [0.1, 0.15) is 11.1 Å². The maximum atomic E-state index is 12.3. The van der Waals surface area contributed by atoms with Crippen molar-refractivity contribution in [2.45, 2.75) is 6.92 Å². The molecular weight excluding hydrogens is 504 g/mol. The van der Waals surface area contributed by atoms with Crippen LogP contribution in [0.4, 0.5) is 11.4 Å². The molecule has 188 valence electrons. The van der Waals surface area contributed by atoms with Crippen LogP contribution in [0.5, 0.6) is 5.75 Å². The topological polar surface area (TPSA) is 117 Å². The van der Waals surface area contributed by atoms with E-state index >= 15 is 0 Å². The smallest absolute Gasteiger partial charge is 0.262 e. The molecule has 0 radical (unpaired) electrons. The Balaban J connectivity index is 1.49. The van der Waals surface area contributed by atoms with Crippen molar-refractivity contribution in [3.05, 3.63) is 88.9 Å². The molecule has 2 amide bonds. The van der Waals surface area contributed by atoms with Crippen molar-refractivity contribution in [1.82, 2.24) is 5.43 Å². The molecule has 0 bridgehead atoms. The highest BCUT2D eigenvalue weighted by atomic mass is 35.5. The lowest BCUT2D eigenvalue weighted by atomic mass is 10.2. The fraction of sp³-hybridized carbons (Fsp3) is 0.160. The minimum absolute atomic E-state index is 0.187. The molecule has 36 heavy (non-hydrogen) atoms. The number of hydrogen-bond donors (Lipinski definition) is 2. The molecule has 0 unspecified atom stereocenters. The summed E-state index contributed by atoms with van der Waals surface area (Å²) in [5, 5.41) is 7.09. The number of halogens is 1. The van der Waals surface area contributed by atoms with Gasteiger partial charge in [-0.3, -0.25) is 13.9 Å². The van der Waals surface area contributed by atoms with Crippen LogP contribution in [0.3, 0.4) is 0 Å². The normalized spacial score (nSPS) is 11.2. The van der Waals surface area contributed by atoms with Gasteiger partial charge in [-0.05, 0) is 72.6 Å². The summed E-state index contributed by atoms with van der Waals surface area (Å²) in [7, 11) is -3.67. The quantitative estimate of drug-likeness (QED) is 0.308. The third-order valence-electron chi connectivity index (χ3n) is 4.74. The highest BCUT2D eigenvalue weighted by molar-refractivity contribution is 7.92. The van der Waals surface area contributed by atoms with Crippen LogP contribution in [0.2, 0.25) is 5.02 Å². The number of anilines is 2. The second kappa shape index (κ2) is 12.2. The predicted octanol–water partition coefficient (Wildman–Crippen LogP) is 3.58. The molecule has 9 nitrogen and oxygen atoms in total. The molecule has 0 aromatic heterocycles. The van der Waals surface area contributed by atoms with E-state index in [1.807, 2.05) is 13.0 Å². The van der Waals surface area contributed by atoms with Crippen molar-refractivity contribution in [3.63, 3.8) is 0 Å². The van der Waals surface area contributed by atoms with Gasteiger partial charge in [0.25, 0.3) is 11.8 Å². The lowest BCUT2D eigenvalue weighted by Gasteiger charge is -2.21. The summed E-state index contributed by atoms with van der Waals surface area (Å²) in [6, 6.07) is 20.3. The zero-order valence-corrected chi connectivity index (χ0v) is 21.2. The van der Waals surface area contributed by atoms with E-state index in [0.29, 0.717) is 27.7 Å². The highest BCUT2D eigenvalue weighted by Gasteiger charge is 2.20. The average Bonchev–Trinajstić information content (AvgIpc) is 2.81. The number of aryl methyl sites for hydroxylation is 1. The minimum atomic E-state index is -3.67. The zero-order valence-electron chi connectivity index (χ0n) is 19.6. The summed E-state index contributed by atoms with van der Waals surface area (Å²) in [5.74, 6) is -0.456. The van der Waals surface area contributed by atoms with Crippen molar-refractivity contribution in [2.75, 3.05) is 29.0 Å². The van der Waals surface area contributed by atoms with E-state index in [9.17, 15) is 18.0 Å². The van der Waals surface area contributed by atoms with Crippen LogP contribution in [0.25, 0.3) is 0 Å². The Bertz CT molecular complexity index is 1360. The fourth-order valence-electron chi connectivity index (χ4n) is 3.09. The van der Waals surface area contributed by atoms with Gasteiger partial charge in [0.1, 0.15) is 12.3 Å². The molecular formula is C25H25ClN4O5S. The molecule has 0 fully saturated rings. The lowest BCUT2D eigenvalue weighted by molar-refractivity contribution is -0.119. The second-order valence-electron chi connectivity index (χ2n) is 7.82. The van der Waals surface area contributed by atoms with Crippen LogP contribution in [-0.2, 0) is 19.6 Å². The van der Waals surface area contributed by atoms with Gasteiger partial charge in [0, 0.05) is 10.7 Å². The largest absolute Gasteiger partial charge is 0.484 e.